The molecule has 2 aromatic heterocycles. The smallest absolute Gasteiger partial charge is 0.244 e. The maximum atomic E-state index is 5.53. The summed E-state index contributed by atoms with van der Waals surface area (Å²) in [5, 5.41) is 1.53. The molecule has 1 aliphatic carbocycles. The van der Waals surface area contributed by atoms with E-state index in [1.165, 1.54) is 17.0 Å². The van der Waals surface area contributed by atoms with Gasteiger partial charge in [0.1, 0.15) is 18.2 Å². The van der Waals surface area contributed by atoms with Crippen LogP contribution in [-0.4, -0.2) is 15.7 Å². The van der Waals surface area contributed by atoms with Gasteiger partial charge in [-0.1, -0.05) is 109 Å². The first-order valence-corrected chi connectivity index (χ1v) is 15.2. The maximum Gasteiger partial charge on any atom is 0.244 e. The van der Waals surface area contributed by atoms with Gasteiger partial charge in [0, 0.05) is 5.56 Å². The Morgan fingerprint density at radius 1 is 0.830 bits per heavy atom. The molecule has 4 aromatic carbocycles. The zero-order valence-electron chi connectivity index (χ0n) is 25.4. The molecule has 47 heavy (non-hydrogen) atoms. The molecule has 226 valence electrons. The molecule has 2 aliphatic rings. The Balaban J connectivity index is 1.34. The van der Waals surface area contributed by atoms with Crippen LogP contribution >= 0.6 is 0 Å². The molecule has 0 fully saturated rings. The van der Waals surface area contributed by atoms with Crippen LogP contribution in [0.1, 0.15) is 33.7 Å². The van der Waals surface area contributed by atoms with Crippen molar-refractivity contribution in [1.82, 2.24) is 15.4 Å². The number of fused-ring (bicyclic) bond motifs is 3. The average molecular weight is 612 g/mol. The number of benzene rings is 4. The van der Waals surface area contributed by atoms with Crippen molar-refractivity contribution in [2.75, 3.05) is 5.17 Å². The molecule has 1 N–H and O–H groups in total. The van der Waals surface area contributed by atoms with Crippen molar-refractivity contribution >= 4 is 17.2 Å². The molecule has 0 atom stereocenters. The monoisotopic (exact) mass is 611 g/mol. The molecule has 0 spiro atoms. The van der Waals surface area contributed by atoms with Gasteiger partial charge in [-0.2, -0.15) is 0 Å². The predicted octanol–water partition coefficient (Wildman–Crippen LogP) is 8.47. The number of pyridine rings is 1. The van der Waals surface area contributed by atoms with Gasteiger partial charge in [0.25, 0.3) is 0 Å². The summed E-state index contributed by atoms with van der Waals surface area (Å²) >= 11 is 0. The largest absolute Gasteiger partial charge is 0.443 e. The van der Waals surface area contributed by atoms with Crippen LogP contribution in [0.15, 0.2) is 169 Å². The number of hydrogen-bond donors (Lipinski definition) is 1. The van der Waals surface area contributed by atoms with Crippen molar-refractivity contribution in [3.05, 3.63) is 193 Å². The lowest BCUT2D eigenvalue weighted by Crippen LogP contribution is -2.29. The van der Waals surface area contributed by atoms with Crippen molar-refractivity contribution in [2.45, 2.75) is 5.41 Å². The van der Waals surface area contributed by atoms with Crippen LogP contribution in [0.3, 0.4) is 0 Å². The van der Waals surface area contributed by atoms with E-state index in [0.717, 1.165) is 44.6 Å². The lowest BCUT2D eigenvalue weighted by Gasteiger charge is -2.34. The van der Waals surface area contributed by atoms with Crippen LogP contribution < -0.4 is 10.6 Å². The molecule has 0 amide bonds. The van der Waals surface area contributed by atoms with E-state index in [4.69, 9.17) is 19.2 Å². The Morgan fingerprint density at radius 2 is 1.55 bits per heavy atom. The normalized spacial score (nSPS) is 14.2. The van der Waals surface area contributed by atoms with Crippen molar-refractivity contribution in [3.8, 4) is 22.4 Å². The van der Waals surface area contributed by atoms with Gasteiger partial charge in [0.15, 0.2) is 5.82 Å². The first kappa shape index (κ1) is 28.0. The van der Waals surface area contributed by atoms with Gasteiger partial charge in [0.2, 0.25) is 5.89 Å². The highest BCUT2D eigenvalue weighted by atomic mass is 16.7. The van der Waals surface area contributed by atoms with Crippen LogP contribution in [0.5, 0.6) is 0 Å². The van der Waals surface area contributed by atoms with Crippen molar-refractivity contribution in [2.24, 2.45) is 4.99 Å². The fourth-order valence-electron chi connectivity index (χ4n) is 6.61. The number of rotatable bonds is 8. The molecule has 0 radical (unpaired) electrons. The minimum Gasteiger partial charge on any atom is -0.443 e. The quantitative estimate of drug-likeness (QED) is 0.174. The summed E-state index contributed by atoms with van der Waals surface area (Å²) in [6.07, 6.45) is 8.04. The standard InChI is InChI=1S/C40H29N5O2/c1-3-36(39-41-21-23-46-39)43-27(2)28-17-19-32-33-20-18-29(37-15-10-16-38(44-37)45-42-22-24-47-45)26-35(33)40(34(32)25-28,30-11-6-4-7-12-30)31-13-8-5-9-14-31/h3-26,42H,1-2H2. The molecule has 0 bridgehead atoms. The summed E-state index contributed by atoms with van der Waals surface area (Å²) in [5.74, 6) is 1.05. The van der Waals surface area contributed by atoms with Crippen molar-refractivity contribution in [3.63, 3.8) is 0 Å². The number of allylic oxidation sites excluding steroid dienone is 1. The summed E-state index contributed by atoms with van der Waals surface area (Å²) in [7, 11) is 0. The zero-order valence-corrected chi connectivity index (χ0v) is 25.4. The molecule has 0 saturated heterocycles. The molecular weight excluding hydrogens is 582 g/mol. The third-order valence-electron chi connectivity index (χ3n) is 8.65. The van der Waals surface area contributed by atoms with Gasteiger partial charge >= 0.3 is 0 Å². The second-order valence-electron chi connectivity index (χ2n) is 11.2. The topological polar surface area (TPSA) is 75.8 Å². The fraction of sp³-hybridized carbons (Fsp3) is 0.0250. The number of hydrazine groups is 1. The predicted molar refractivity (Wildman–Crippen MR) is 185 cm³/mol. The van der Waals surface area contributed by atoms with Crippen LogP contribution in [0.2, 0.25) is 0 Å². The maximum absolute atomic E-state index is 5.53. The van der Waals surface area contributed by atoms with E-state index in [1.807, 2.05) is 18.2 Å². The average Bonchev–Trinajstić information content (AvgIpc) is 3.92. The molecule has 7 nitrogen and oxygen atoms in total. The number of nitrogens with one attached hydrogen (secondary N) is 1. The second-order valence-corrected chi connectivity index (χ2v) is 11.2. The molecule has 0 saturated carbocycles. The third-order valence-corrected chi connectivity index (χ3v) is 8.65. The van der Waals surface area contributed by atoms with Crippen molar-refractivity contribution in [1.29, 1.82) is 0 Å². The number of anilines is 1. The molecule has 3 heterocycles. The van der Waals surface area contributed by atoms with Gasteiger partial charge in [-0.3, -0.25) is 5.43 Å². The van der Waals surface area contributed by atoms with Crippen LogP contribution in [0, 0.1) is 0 Å². The van der Waals surface area contributed by atoms with Crippen molar-refractivity contribution < 1.29 is 9.25 Å². The number of nitrogens with zero attached hydrogens (tertiary/aromatic N) is 4. The molecule has 1 aliphatic heterocycles. The minimum absolute atomic E-state index is 0.395. The second kappa shape index (κ2) is 11.5. The summed E-state index contributed by atoms with van der Waals surface area (Å²) in [5.41, 5.74) is 13.2. The van der Waals surface area contributed by atoms with Gasteiger partial charge in [-0.15, -0.1) is 0 Å². The third kappa shape index (κ3) is 4.64. The highest BCUT2D eigenvalue weighted by Gasteiger charge is 2.46. The minimum atomic E-state index is -0.631. The van der Waals surface area contributed by atoms with Gasteiger partial charge in [-0.25, -0.2) is 15.0 Å². The Hall–Kier alpha value is -6.47. The Labute approximate surface area is 272 Å². The molecular formula is C40H29N5O2. The molecule has 0 unspecified atom stereocenters. The van der Waals surface area contributed by atoms with E-state index in [9.17, 15) is 0 Å². The van der Waals surface area contributed by atoms with E-state index < -0.39 is 5.41 Å². The fourth-order valence-corrected chi connectivity index (χ4v) is 6.61. The van der Waals surface area contributed by atoms with E-state index >= 15 is 0 Å². The van der Waals surface area contributed by atoms with E-state index in [0.29, 0.717) is 23.1 Å². The molecule has 7 heteroatoms. The van der Waals surface area contributed by atoms with Crippen LogP contribution in [0.25, 0.3) is 28.1 Å². The number of aromatic nitrogens is 2. The highest BCUT2D eigenvalue weighted by molar-refractivity contribution is 6.07. The number of aliphatic imine (C=N–C) groups is 1. The van der Waals surface area contributed by atoms with Crippen LogP contribution in [-0.2, 0) is 10.3 Å². The Bertz CT molecular complexity index is 2140. The Morgan fingerprint density at radius 3 is 2.21 bits per heavy atom. The van der Waals surface area contributed by atoms with Crippen LogP contribution in [0.4, 0.5) is 5.82 Å². The van der Waals surface area contributed by atoms with Gasteiger partial charge < -0.3 is 9.25 Å². The van der Waals surface area contributed by atoms with Gasteiger partial charge in [0.05, 0.1) is 29.2 Å². The zero-order chi connectivity index (χ0) is 31.8. The number of oxazole rings is 1. The number of hydrogen-bond acceptors (Lipinski definition) is 7. The molecule has 8 rings (SSSR count). The lowest BCUT2D eigenvalue weighted by molar-refractivity contribution is 0.219. The SMILES string of the molecule is C=CC(=NC(=C)c1ccc2c(c1)C(c1ccccc1)(c1ccccc1)c1cc(-c3cccc(N4NC=CO4)n3)ccc1-2)c1ncco1. The highest BCUT2D eigenvalue weighted by Crippen LogP contribution is 2.57. The van der Waals surface area contributed by atoms with E-state index in [1.54, 1.807) is 24.7 Å². The van der Waals surface area contributed by atoms with E-state index in [2.05, 4.69) is 121 Å². The lowest BCUT2D eigenvalue weighted by atomic mass is 9.67. The summed E-state index contributed by atoms with van der Waals surface area (Å²) in [6, 6.07) is 40.4. The molecule has 6 aromatic rings. The summed E-state index contributed by atoms with van der Waals surface area (Å²) in [6.45, 7) is 8.27. The summed E-state index contributed by atoms with van der Waals surface area (Å²) in [4.78, 5) is 19.5. The first-order chi connectivity index (χ1) is 23.2. The van der Waals surface area contributed by atoms with E-state index in [-0.39, 0.29) is 0 Å². The first-order valence-electron chi connectivity index (χ1n) is 15.2. The van der Waals surface area contributed by atoms with Gasteiger partial charge in [-0.05, 0) is 69.3 Å². The Kier molecular flexibility index (Phi) is 6.84. The summed E-state index contributed by atoms with van der Waals surface area (Å²) < 4.78 is 5.50.